The lowest BCUT2D eigenvalue weighted by molar-refractivity contribution is -0.115. The van der Waals surface area contributed by atoms with E-state index in [0.29, 0.717) is 6.61 Å². The van der Waals surface area contributed by atoms with E-state index < -0.39 is 0 Å². The summed E-state index contributed by atoms with van der Waals surface area (Å²) in [6.07, 6.45) is 5.06. The maximum Gasteiger partial charge on any atom is 0.230 e. The molecule has 0 saturated carbocycles. The van der Waals surface area contributed by atoms with Gasteiger partial charge in [0.1, 0.15) is 5.75 Å². The van der Waals surface area contributed by atoms with E-state index in [4.69, 9.17) is 4.74 Å². The Balaban J connectivity index is 1.64. The highest BCUT2D eigenvalue weighted by Crippen LogP contribution is 2.22. The lowest BCUT2D eigenvalue weighted by atomic mass is 10.2. The summed E-state index contributed by atoms with van der Waals surface area (Å²) < 4.78 is 7.52. The first-order chi connectivity index (χ1) is 11.2. The average Bonchev–Trinajstić information content (AvgIpc) is 3.08. The molecule has 0 aliphatic rings. The predicted molar refractivity (Wildman–Crippen MR) is 92.4 cm³/mol. The van der Waals surface area contributed by atoms with Crippen molar-refractivity contribution in [3.05, 3.63) is 47.2 Å². The van der Waals surface area contributed by atoms with Crippen molar-refractivity contribution >= 4 is 27.9 Å². The van der Waals surface area contributed by atoms with E-state index in [1.807, 2.05) is 47.3 Å². The smallest absolute Gasteiger partial charge is 0.230 e. The second-order valence-electron chi connectivity index (χ2n) is 5.38. The second kappa shape index (κ2) is 6.83. The number of carbonyl (C=O) groups is 1. The molecule has 2 heterocycles. The number of aryl methyl sites for hydroxylation is 1. The number of nitrogens with zero attached hydrogens (tertiary/aromatic N) is 2. The molecule has 0 fully saturated rings. The standard InChI is InChI=1S/C17H19N3O2S/c1-3-7-22-14-4-5-15(12(2)9-14)19-16(21)10-13-11-20-6-8-23-17(20)18-13/h4-6,8-9,11H,3,7,10H2,1-2H3,(H,19,21). The number of aromatic nitrogens is 2. The van der Waals surface area contributed by atoms with Crippen molar-refractivity contribution in [3.8, 4) is 5.75 Å². The van der Waals surface area contributed by atoms with Crippen molar-refractivity contribution < 1.29 is 9.53 Å². The van der Waals surface area contributed by atoms with Crippen LogP contribution >= 0.6 is 11.3 Å². The fraction of sp³-hybridized carbons (Fsp3) is 0.294. The number of benzene rings is 1. The molecule has 3 aromatic rings. The molecule has 0 saturated heterocycles. The van der Waals surface area contributed by atoms with Crippen molar-refractivity contribution in [2.75, 3.05) is 11.9 Å². The van der Waals surface area contributed by atoms with Crippen molar-refractivity contribution in [1.29, 1.82) is 0 Å². The highest BCUT2D eigenvalue weighted by Gasteiger charge is 2.10. The lowest BCUT2D eigenvalue weighted by Crippen LogP contribution is -2.15. The minimum Gasteiger partial charge on any atom is -0.494 e. The Bertz CT molecular complexity index is 794. The number of ether oxygens (including phenoxy) is 1. The minimum absolute atomic E-state index is 0.0684. The van der Waals surface area contributed by atoms with Crippen LogP contribution in [0.4, 0.5) is 5.69 Å². The van der Waals surface area contributed by atoms with Crippen LogP contribution in [-0.2, 0) is 11.2 Å². The van der Waals surface area contributed by atoms with Gasteiger partial charge in [0.25, 0.3) is 0 Å². The van der Waals surface area contributed by atoms with Gasteiger partial charge in [-0.1, -0.05) is 6.92 Å². The Labute approximate surface area is 138 Å². The first-order valence-corrected chi connectivity index (χ1v) is 8.48. The summed E-state index contributed by atoms with van der Waals surface area (Å²) in [6.45, 7) is 4.73. The fourth-order valence-electron chi connectivity index (χ4n) is 2.31. The number of hydrogen-bond donors (Lipinski definition) is 1. The van der Waals surface area contributed by atoms with Crippen LogP contribution in [0.2, 0.25) is 0 Å². The molecule has 5 nitrogen and oxygen atoms in total. The highest BCUT2D eigenvalue weighted by molar-refractivity contribution is 7.15. The molecule has 1 N–H and O–H groups in total. The van der Waals surface area contributed by atoms with Gasteiger partial charge in [0.05, 0.1) is 18.7 Å². The number of anilines is 1. The molecule has 6 heteroatoms. The average molecular weight is 329 g/mol. The Hall–Kier alpha value is -2.34. The number of fused-ring (bicyclic) bond motifs is 1. The van der Waals surface area contributed by atoms with Gasteiger partial charge < -0.3 is 10.1 Å². The van der Waals surface area contributed by atoms with Crippen molar-refractivity contribution in [2.24, 2.45) is 0 Å². The monoisotopic (exact) mass is 329 g/mol. The molecular weight excluding hydrogens is 310 g/mol. The number of rotatable bonds is 6. The van der Waals surface area contributed by atoms with Crippen LogP contribution in [-0.4, -0.2) is 21.9 Å². The van der Waals surface area contributed by atoms with Crippen LogP contribution in [0.5, 0.6) is 5.75 Å². The molecule has 0 atom stereocenters. The molecule has 1 amide bonds. The molecule has 0 aliphatic heterocycles. The van der Waals surface area contributed by atoms with Gasteiger partial charge in [0.2, 0.25) is 5.91 Å². The van der Waals surface area contributed by atoms with E-state index in [2.05, 4.69) is 17.2 Å². The summed E-state index contributed by atoms with van der Waals surface area (Å²) in [4.78, 5) is 17.5. The largest absolute Gasteiger partial charge is 0.494 e. The number of hydrogen-bond acceptors (Lipinski definition) is 4. The van der Waals surface area contributed by atoms with E-state index in [-0.39, 0.29) is 12.3 Å². The molecule has 0 aliphatic carbocycles. The fourth-order valence-corrected chi connectivity index (χ4v) is 3.03. The number of carbonyl (C=O) groups excluding carboxylic acids is 1. The van der Waals surface area contributed by atoms with Gasteiger partial charge in [-0.15, -0.1) is 11.3 Å². The SMILES string of the molecule is CCCOc1ccc(NC(=O)Cc2cn3ccsc3n2)c(C)c1. The summed E-state index contributed by atoms with van der Waals surface area (Å²) in [5, 5.41) is 4.91. The maximum absolute atomic E-state index is 12.2. The Kier molecular flexibility index (Phi) is 4.62. The van der Waals surface area contributed by atoms with Crippen LogP contribution in [0.25, 0.3) is 4.96 Å². The van der Waals surface area contributed by atoms with Crippen molar-refractivity contribution in [3.63, 3.8) is 0 Å². The van der Waals surface area contributed by atoms with Gasteiger partial charge in [0.15, 0.2) is 4.96 Å². The van der Waals surface area contributed by atoms with Gasteiger partial charge >= 0.3 is 0 Å². The van der Waals surface area contributed by atoms with Gasteiger partial charge in [-0.05, 0) is 37.1 Å². The summed E-state index contributed by atoms with van der Waals surface area (Å²) in [7, 11) is 0. The topological polar surface area (TPSA) is 55.6 Å². The Morgan fingerprint density at radius 2 is 2.30 bits per heavy atom. The van der Waals surface area contributed by atoms with E-state index in [1.165, 1.54) is 0 Å². The molecular formula is C17H19N3O2S. The van der Waals surface area contributed by atoms with Gasteiger partial charge in [-0.2, -0.15) is 0 Å². The van der Waals surface area contributed by atoms with Crippen LogP contribution in [0, 0.1) is 6.92 Å². The quantitative estimate of drug-likeness (QED) is 0.750. The zero-order chi connectivity index (χ0) is 16.2. The molecule has 2 aromatic heterocycles. The maximum atomic E-state index is 12.2. The third-order valence-electron chi connectivity index (χ3n) is 3.43. The number of thiazole rings is 1. The summed E-state index contributed by atoms with van der Waals surface area (Å²) in [5.41, 5.74) is 2.56. The zero-order valence-electron chi connectivity index (χ0n) is 13.2. The third-order valence-corrected chi connectivity index (χ3v) is 4.20. The first kappa shape index (κ1) is 15.6. The molecule has 120 valence electrons. The van der Waals surface area contributed by atoms with Gasteiger partial charge in [-0.3, -0.25) is 9.20 Å². The minimum atomic E-state index is -0.0684. The van der Waals surface area contributed by atoms with E-state index >= 15 is 0 Å². The third kappa shape index (κ3) is 3.71. The zero-order valence-corrected chi connectivity index (χ0v) is 14.0. The molecule has 0 spiro atoms. The molecule has 0 unspecified atom stereocenters. The summed E-state index contributed by atoms with van der Waals surface area (Å²) in [6, 6.07) is 5.70. The normalized spacial score (nSPS) is 10.9. The molecule has 0 radical (unpaired) electrons. The van der Waals surface area contributed by atoms with Crippen LogP contribution < -0.4 is 10.1 Å². The van der Waals surface area contributed by atoms with E-state index in [0.717, 1.165) is 34.1 Å². The van der Waals surface area contributed by atoms with Gasteiger partial charge in [0, 0.05) is 23.5 Å². The second-order valence-corrected chi connectivity index (χ2v) is 6.25. The molecule has 0 bridgehead atoms. The van der Waals surface area contributed by atoms with E-state index in [9.17, 15) is 4.79 Å². The van der Waals surface area contributed by atoms with Crippen molar-refractivity contribution in [2.45, 2.75) is 26.7 Å². The molecule has 23 heavy (non-hydrogen) atoms. The molecule has 3 rings (SSSR count). The lowest BCUT2D eigenvalue weighted by Gasteiger charge is -2.10. The Morgan fingerprint density at radius 3 is 3.04 bits per heavy atom. The summed E-state index contributed by atoms with van der Waals surface area (Å²) in [5.74, 6) is 0.762. The van der Waals surface area contributed by atoms with Crippen molar-refractivity contribution in [1.82, 2.24) is 9.38 Å². The molecule has 1 aromatic carbocycles. The highest BCUT2D eigenvalue weighted by atomic mass is 32.1. The Morgan fingerprint density at radius 1 is 1.43 bits per heavy atom. The van der Waals surface area contributed by atoms with Gasteiger partial charge in [-0.25, -0.2) is 4.98 Å². The number of amides is 1. The van der Waals surface area contributed by atoms with Crippen LogP contribution in [0.1, 0.15) is 24.6 Å². The predicted octanol–water partition coefficient (Wildman–Crippen LogP) is 3.67. The van der Waals surface area contributed by atoms with E-state index in [1.54, 1.807) is 11.3 Å². The number of imidazole rings is 1. The van der Waals surface area contributed by atoms with Crippen LogP contribution in [0.3, 0.4) is 0 Å². The first-order valence-electron chi connectivity index (χ1n) is 7.60. The number of nitrogens with one attached hydrogen (secondary N) is 1. The summed E-state index contributed by atoms with van der Waals surface area (Å²) >= 11 is 1.56. The van der Waals surface area contributed by atoms with Crippen LogP contribution in [0.15, 0.2) is 36.0 Å².